The third-order valence-electron chi connectivity index (χ3n) is 3.84. The zero-order valence-electron chi connectivity index (χ0n) is 11.1. The van der Waals surface area contributed by atoms with Gasteiger partial charge in [-0.2, -0.15) is 0 Å². The summed E-state index contributed by atoms with van der Waals surface area (Å²) >= 11 is 0. The van der Waals surface area contributed by atoms with Gasteiger partial charge in [0.05, 0.1) is 0 Å². The minimum atomic E-state index is 0.556. The molecular weight excluding hydrogens is 208 g/mol. The van der Waals surface area contributed by atoms with Crippen LogP contribution in [0.5, 0.6) is 0 Å². The van der Waals surface area contributed by atoms with Crippen LogP contribution in [0.2, 0.25) is 0 Å². The van der Waals surface area contributed by atoms with E-state index in [1.165, 1.54) is 30.5 Å². The van der Waals surface area contributed by atoms with Crippen LogP contribution in [0.4, 0.5) is 0 Å². The Balaban J connectivity index is 1.99. The fraction of sp³-hybridized carbons (Fsp3) is 0.600. The Morgan fingerprint density at radius 1 is 1.24 bits per heavy atom. The highest BCUT2D eigenvalue weighted by atomic mass is 15.1. The van der Waals surface area contributed by atoms with Crippen molar-refractivity contribution in [1.29, 1.82) is 0 Å². The summed E-state index contributed by atoms with van der Waals surface area (Å²) in [5, 5.41) is 3.65. The molecule has 94 valence electrons. The van der Waals surface area contributed by atoms with Crippen LogP contribution in [0, 0.1) is 0 Å². The SMILES string of the molecule is CCN(CC)CCC1NCCc2ccccc21. The summed E-state index contributed by atoms with van der Waals surface area (Å²) in [4.78, 5) is 2.50. The van der Waals surface area contributed by atoms with Gasteiger partial charge < -0.3 is 10.2 Å². The quantitative estimate of drug-likeness (QED) is 0.839. The van der Waals surface area contributed by atoms with Crippen molar-refractivity contribution in [3.63, 3.8) is 0 Å². The summed E-state index contributed by atoms with van der Waals surface area (Å²) in [5.41, 5.74) is 3.06. The van der Waals surface area contributed by atoms with E-state index in [1.54, 1.807) is 0 Å². The molecule has 0 radical (unpaired) electrons. The van der Waals surface area contributed by atoms with Crippen molar-refractivity contribution in [3.05, 3.63) is 35.4 Å². The topological polar surface area (TPSA) is 15.3 Å². The number of hydrogen-bond acceptors (Lipinski definition) is 2. The average molecular weight is 232 g/mol. The van der Waals surface area contributed by atoms with E-state index >= 15 is 0 Å². The third kappa shape index (κ3) is 3.08. The van der Waals surface area contributed by atoms with E-state index in [0.717, 1.165) is 19.6 Å². The van der Waals surface area contributed by atoms with Gasteiger partial charge in [-0.25, -0.2) is 0 Å². The van der Waals surface area contributed by atoms with E-state index in [9.17, 15) is 0 Å². The van der Waals surface area contributed by atoms with Gasteiger partial charge in [-0.05, 0) is 50.1 Å². The van der Waals surface area contributed by atoms with Gasteiger partial charge in [0.15, 0.2) is 0 Å². The number of nitrogens with one attached hydrogen (secondary N) is 1. The van der Waals surface area contributed by atoms with Crippen LogP contribution in [-0.2, 0) is 6.42 Å². The molecular formula is C15H24N2. The zero-order valence-corrected chi connectivity index (χ0v) is 11.1. The first-order chi connectivity index (χ1) is 8.35. The molecule has 0 aromatic heterocycles. The van der Waals surface area contributed by atoms with Gasteiger partial charge in [-0.1, -0.05) is 38.1 Å². The van der Waals surface area contributed by atoms with Gasteiger partial charge in [-0.3, -0.25) is 0 Å². The smallest absolute Gasteiger partial charge is 0.0335 e. The van der Waals surface area contributed by atoms with Gasteiger partial charge >= 0.3 is 0 Å². The van der Waals surface area contributed by atoms with E-state index in [2.05, 4.69) is 48.3 Å². The maximum Gasteiger partial charge on any atom is 0.0335 e. The lowest BCUT2D eigenvalue weighted by Gasteiger charge is -2.29. The van der Waals surface area contributed by atoms with Crippen LogP contribution in [0.3, 0.4) is 0 Å². The molecule has 1 heterocycles. The van der Waals surface area contributed by atoms with Crippen LogP contribution in [0.25, 0.3) is 0 Å². The van der Waals surface area contributed by atoms with Crippen molar-refractivity contribution < 1.29 is 0 Å². The fourth-order valence-electron chi connectivity index (χ4n) is 2.70. The van der Waals surface area contributed by atoms with E-state index in [0.29, 0.717) is 6.04 Å². The molecule has 0 amide bonds. The molecule has 1 aliphatic heterocycles. The van der Waals surface area contributed by atoms with E-state index < -0.39 is 0 Å². The molecule has 0 bridgehead atoms. The predicted octanol–water partition coefficient (Wildman–Crippen LogP) is 2.61. The maximum atomic E-state index is 3.65. The molecule has 0 saturated heterocycles. The highest BCUT2D eigenvalue weighted by Crippen LogP contribution is 2.25. The molecule has 1 aromatic carbocycles. The van der Waals surface area contributed by atoms with Crippen LogP contribution in [0.15, 0.2) is 24.3 Å². The highest BCUT2D eigenvalue weighted by Gasteiger charge is 2.19. The summed E-state index contributed by atoms with van der Waals surface area (Å²) < 4.78 is 0. The third-order valence-corrected chi connectivity index (χ3v) is 3.84. The molecule has 1 aromatic rings. The highest BCUT2D eigenvalue weighted by molar-refractivity contribution is 5.32. The molecule has 2 nitrogen and oxygen atoms in total. The summed E-state index contributed by atoms with van der Waals surface area (Å²) in [6.45, 7) is 9.12. The largest absolute Gasteiger partial charge is 0.310 e. The first-order valence-corrected chi connectivity index (χ1v) is 6.88. The Morgan fingerprint density at radius 3 is 2.76 bits per heavy atom. The molecule has 2 heteroatoms. The normalized spacial score (nSPS) is 19.4. The maximum absolute atomic E-state index is 3.65. The van der Waals surface area contributed by atoms with Crippen molar-refractivity contribution >= 4 is 0 Å². The summed E-state index contributed by atoms with van der Waals surface area (Å²) in [6, 6.07) is 9.44. The number of fused-ring (bicyclic) bond motifs is 1. The first-order valence-electron chi connectivity index (χ1n) is 6.88. The Hall–Kier alpha value is -0.860. The van der Waals surface area contributed by atoms with E-state index in [4.69, 9.17) is 0 Å². The van der Waals surface area contributed by atoms with Crippen molar-refractivity contribution in [2.75, 3.05) is 26.2 Å². The van der Waals surface area contributed by atoms with Gasteiger partial charge in [0.25, 0.3) is 0 Å². The summed E-state index contributed by atoms with van der Waals surface area (Å²) in [6.07, 6.45) is 2.40. The van der Waals surface area contributed by atoms with Crippen LogP contribution in [0.1, 0.15) is 37.4 Å². The predicted molar refractivity (Wildman–Crippen MR) is 73.3 cm³/mol. The van der Waals surface area contributed by atoms with Gasteiger partial charge in [-0.15, -0.1) is 0 Å². The van der Waals surface area contributed by atoms with E-state index in [-0.39, 0.29) is 0 Å². The Kier molecular flexibility index (Phi) is 4.57. The molecule has 17 heavy (non-hydrogen) atoms. The lowest BCUT2D eigenvalue weighted by atomic mass is 9.92. The molecule has 1 atom stereocenters. The van der Waals surface area contributed by atoms with Crippen LogP contribution >= 0.6 is 0 Å². The summed E-state index contributed by atoms with van der Waals surface area (Å²) in [5.74, 6) is 0. The number of rotatable bonds is 5. The molecule has 1 aliphatic rings. The Bertz CT molecular complexity index is 345. The van der Waals surface area contributed by atoms with Crippen LogP contribution in [-0.4, -0.2) is 31.1 Å². The number of nitrogens with zero attached hydrogens (tertiary/aromatic N) is 1. The van der Waals surface area contributed by atoms with Crippen molar-refractivity contribution in [2.45, 2.75) is 32.7 Å². The second-order valence-electron chi connectivity index (χ2n) is 4.77. The lowest BCUT2D eigenvalue weighted by Crippen LogP contribution is -2.33. The molecule has 1 N–H and O–H groups in total. The van der Waals surface area contributed by atoms with Crippen molar-refractivity contribution in [2.24, 2.45) is 0 Å². The standard InChI is InChI=1S/C15H24N2/c1-3-17(4-2)12-10-15-14-8-6-5-7-13(14)9-11-16-15/h5-8,15-16H,3-4,9-12H2,1-2H3. The van der Waals surface area contributed by atoms with Crippen molar-refractivity contribution in [3.8, 4) is 0 Å². The minimum absolute atomic E-state index is 0.556. The lowest BCUT2D eigenvalue weighted by molar-refractivity contribution is 0.279. The fourth-order valence-corrected chi connectivity index (χ4v) is 2.70. The molecule has 0 fully saturated rings. The van der Waals surface area contributed by atoms with Crippen LogP contribution < -0.4 is 5.32 Å². The first kappa shape index (κ1) is 12.6. The Morgan fingerprint density at radius 2 is 2.00 bits per heavy atom. The molecule has 0 spiro atoms. The molecule has 0 saturated carbocycles. The molecule has 2 rings (SSSR count). The van der Waals surface area contributed by atoms with Crippen molar-refractivity contribution in [1.82, 2.24) is 10.2 Å². The van der Waals surface area contributed by atoms with Gasteiger partial charge in [0.2, 0.25) is 0 Å². The Labute approximate surface area is 105 Å². The molecule has 0 aliphatic carbocycles. The van der Waals surface area contributed by atoms with Gasteiger partial charge in [0, 0.05) is 6.04 Å². The minimum Gasteiger partial charge on any atom is -0.310 e. The molecule has 1 unspecified atom stereocenters. The zero-order chi connectivity index (χ0) is 12.1. The van der Waals surface area contributed by atoms with Gasteiger partial charge in [0.1, 0.15) is 0 Å². The number of benzene rings is 1. The average Bonchev–Trinajstić information content (AvgIpc) is 2.40. The summed E-state index contributed by atoms with van der Waals surface area (Å²) in [7, 11) is 0. The second-order valence-corrected chi connectivity index (χ2v) is 4.77. The number of hydrogen-bond donors (Lipinski definition) is 1. The van der Waals surface area contributed by atoms with E-state index in [1.807, 2.05) is 0 Å². The monoisotopic (exact) mass is 232 g/mol. The second kappa shape index (κ2) is 6.18.